The van der Waals surface area contributed by atoms with Gasteiger partial charge in [-0.25, -0.2) is 22.5 Å². The molecule has 4 rings (SSSR count). The Balaban J connectivity index is 1.83. The lowest BCUT2D eigenvalue weighted by Crippen LogP contribution is -2.32. The predicted octanol–water partition coefficient (Wildman–Crippen LogP) is 5.37. The fourth-order valence-electron chi connectivity index (χ4n) is 3.76. The Morgan fingerprint density at radius 1 is 1.12 bits per heavy atom. The SMILES string of the molecule is COC(=O)c1ccc(S(=O)(=O)N(Cc2ccc3c(ccn3C)c2)c2ncc(Cl)cc2Cl)c(C)c1. The van der Waals surface area contributed by atoms with E-state index in [0.717, 1.165) is 20.8 Å². The van der Waals surface area contributed by atoms with Crippen LogP contribution in [0.15, 0.2) is 65.8 Å². The highest BCUT2D eigenvalue weighted by atomic mass is 35.5. The predicted molar refractivity (Wildman–Crippen MR) is 133 cm³/mol. The quantitative estimate of drug-likeness (QED) is 0.321. The van der Waals surface area contributed by atoms with Crippen LogP contribution in [0.4, 0.5) is 5.82 Å². The van der Waals surface area contributed by atoms with Gasteiger partial charge in [0.15, 0.2) is 5.82 Å². The molecule has 2 aromatic carbocycles. The number of aryl methyl sites for hydroxylation is 2. The van der Waals surface area contributed by atoms with Crippen molar-refractivity contribution in [2.45, 2.75) is 18.4 Å². The number of hydrogen-bond acceptors (Lipinski definition) is 5. The van der Waals surface area contributed by atoms with Crippen molar-refractivity contribution in [3.8, 4) is 0 Å². The van der Waals surface area contributed by atoms with Crippen LogP contribution in [-0.4, -0.2) is 31.0 Å². The van der Waals surface area contributed by atoms with E-state index in [1.165, 1.54) is 37.6 Å². The average Bonchev–Trinajstić information content (AvgIpc) is 3.17. The van der Waals surface area contributed by atoms with Crippen molar-refractivity contribution in [2.24, 2.45) is 7.05 Å². The molecule has 0 amide bonds. The summed E-state index contributed by atoms with van der Waals surface area (Å²) in [6.07, 6.45) is 3.28. The van der Waals surface area contributed by atoms with Gasteiger partial charge in [0.2, 0.25) is 0 Å². The van der Waals surface area contributed by atoms with Gasteiger partial charge in [-0.2, -0.15) is 0 Å². The smallest absolute Gasteiger partial charge is 0.337 e. The fourth-order valence-corrected chi connectivity index (χ4v) is 5.93. The third-order valence-corrected chi connectivity index (χ3v) is 7.85. The van der Waals surface area contributed by atoms with E-state index in [4.69, 9.17) is 27.9 Å². The van der Waals surface area contributed by atoms with Gasteiger partial charge in [0.05, 0.1) is 34.2 Å². The number of esters is 1. The number of hydrogen-bond donors (Lipinski definition) is 0. The zero-order chi connectivity index (χ0) is 24.6. The van der Waals surface area contributed by atoms with Gasteiger partial charge in [-0.05, 0) is 65.9 Å². The third-order valence-electron chi connectivity index (χ3n) is 5.46. The monoisotopic (exact) mass is 517 g/mol. The minimum absolute atomic E-state index is 0.0142. The summed E-state index contributed by atoms with van der Waals surface area (Å²) in [5.41, 5.74) is 2.41. The lowest BCUT2D eigenvalue weighted by Gasteiger charge is -2.25. The summed E-state index contributed by atoms with van der Waals surface area (Å²) in [6, 6.07) is 13.4. The van der Waals surface area contributed by atoms with Crippen molar-refractivity contribution in [1.29, 1.82) is 0 Å². The molecular formula is C24H21Cl2N3O4S. The molecule has 0 radical (unpaired) electrons. The van der Waals surface area contributed by atoms with Crippen LogP contribution in [0.1, 0.15) is 21.5 Å². The van der Waals surface area contributed by atoms with Crippen LogP contribution in [0.5, 0.6) is 0 Å². The summed E-state index contributed by atoms with van der Waals surface area (Å²) in [7, 11) is -0.923. The largest absolute Gasteiger partial charge is 0.465 e. The maximum Gasteiger partial charge on any atom is 0.337 e. The standard InChI is InChI=1S/C24H21Cl2N3O4S/c1-15-10-18(24(30)33-3)5-7-22(15)34(31,32)29(23-20(26)12-19(25)13-27-23)14-16-4-6-21-17(11-16)8-9-28(21)2/h4-13H,14H2,1-3H3. The molecule has 0 fully saturated rings. The number of rotatable bonds is 6. The molecule has 7 nitrogen and oxygen atoms in total. The Morgan fingerprint density at radius 2 is 1.88 bits per heavy atom. The third kappa shape index (κ3) is 4.49. The van der Waals surface area contributed by atoms with Crippen LogP contribution in [0.3, 0.4) is 0 Å². The number of anilines is 1. The molecule has 0 atom stereocenters. The molecule has 34 heavy (non-hydrogen) atoms. The van der Waals surface area contributed by atoms with E-state index >= 15 is 0 Å². The number of sulfonamides is 1. The van der Waals surface area contributed by atoms with Gasteiger partial charge in [-0.3, -0.25) is 0 Å². The van der Waals surface area contributed by atoms with Crippen molar-refractivity contribution in [2.75, 3.05) is 11.4 Å². The van der Waals surface area contributed by atoms with Crippen molar-refractivity contribution in [1.82, 2.24) is 9.55 Å². The number of ether oxygens (including phenoxy) is 1. The summed E-state index contributed by atoms with van der Waals surface area (Å²) in [5, 5.41) is 1.36. The van der Waals surface area contributed by atoms with Crippen LogP contribution in [0.25, 0.3) is 10.9 Å². The molecule has 0 bridgehead atoms. The number of carbonyl (C=O) groups is 1. The van der Waals surface area contributed by atoms with Crippen LogP contribution in [0.2, 0.25) is 10.0 Å². The average molecular weight is 518 g/mol. The lowest BCUT2D eigenvalue weighted by atomic mass is 10.1. The molecule has 10 heteroatoms. The van der Waals surface area contributed by atoms with Gasteiger partial charge < -0.3 is 9.30 Å². The highest BCUT2D eigenvalue weighted by molar-refractivity contribution is 7.92. The molecule has 0 aliphatic heterocycles. The highest BCUT2D eigenvalue weighted by Crippen LogP contribution is 2.33. The second kappa shape index (κ2) is 9.29. The number of benzene rings is 2. The first-order valence-electron chi connectivity index (χ1n) is 10.2. The number of halogens is 2. The van der Waals surface area contributed by atoms with Gasteiger partial charge in [0.25, 0.3) is 10.0 Å². The Labute approximate surface area is 207 Å². The zero-order valence-corrected chi connectivity index (χ0v) is 20.9. The summed E-state index contributed by atoms with van der Waals surface area (Å²) in [5.74, 6) is -0.502. The van der Waals surface area contributed by atoms with Crippen molar-refractivity contribution >= 4 is 55.9 Å². The molecule has 2 heterocycles. The highest BCUT2D eigenvalue weighted by Gasteiger charge is 2.30. The molecule has 0 saturated heterocycles. The van der Waals surface area contributed by atoms with Gasteiger partial charge in [-0.15, -0.1) is 0 Å². The zero-order valence-electron chi connectivity index (χ0n) is 18.6. The maximum absolute atomic E-state index is 13.9. The van der Waals surface area contributed by atoms with Gasteiger partial charge in [-0.1, -0.05) is 29.3 Å². The summed E-state index contributed by atoms with van der Waals surface area (Å²) in [4.78, 5) is 16.1. The van der Waals surface area contributed by atoms with Crippen LogP contribution < -0.4 is 4.31 Å². The number of pyridine rings is 1. The van der Waals surface area contributed by atoms with E-state index in [0.29, 0.717) is 5.56 Å². The molecule has 4 aromatic rings. The number of methoxy groups -OCH3 is 1. The normalized spacial score (nSPS) is 11.6. The Hall–Kier alpha value is -3.07. The molecule has 2 aromatic heterocycles. The Kier molecular flexibility index (Phi) is 6.58. The van der Waals surface area contributed by atoms with Gasteiger partial charge in [0, 0.05) is 25.0 Å². The van der Waals surface area contributed by atoms with Gasteiger partial charge >= 0.3 is 5.97 Å². The van der Waals surface area contributed by atoms with Crippen molar-refractivity contribution in [3.63, 3.8) is 0 Å². The Morgan fingerprint density at radius 3 is 2.56 bits per heavy atom. The fraction of sp³-hybridized carbons (Fsp3) is 0.167. The summed E-state index contributed by atoms with van der Waals surface area (Å²) >= 11 is 12.4. The minimum atomic E-state index is -4.13. The molecular weight excluding hydrogens is 497 g/mol. The number of aromatic nitrogens is 2. The van der Waals surface area contributed by atoms with E-state index in [-0.39, 0.29) is 32.9 Å². The molecule has 0 unspecified atom stereocenters. The van der Waals surface area contributed by atoms with Gasteiger partial charge in [0.1, 0.15) is 0 Å². The van der Waals surface area contributed by atoms with E-state index in [1.807, 2.05) is 42.1 Å². The number of carbonyl (C=O) groups excluding carboxylic acids is 1. The van der Waals surface area contributed by atoms with E-state index in [9.17, 15) is 13.2 Å². The first kappa shape index (κ1) is 24.1. The first-order chi connectivity index (χ1) is 16.1. The topological polar surface area (TPSA) is 81.5 Å². The first-order valence-corrected chi connectivity index (χ1v) is 12.4. The van der Waals surface area contributed by atoms with E-state index in [1.54, 1.807) is 6.92 Å². The number of fused-ring (bicyclic) bond motifs is 1. The molecule has 176 valence electrons. The van der Waals surface area contributed by atoms with Crippen molar-refractivity contribution in [3.05, 3.63) is 87.7 Å². The molecule has 0 N–H and O–H groups in total. The summed E-state index contributed by atoms with van der Waals surface area (Å²) in [6.45, 7) is 1.60. The van der Waals surface area contributed by atoms with Crippen molar-refractivity contribution < 1.29 is 17.9 Å². The molecule has 0 aliphatic carbocycles. The van der Waals surface area contributed by atoms with Crippen LogP contribution >= 0.6 is 23.2 Å². The van der Waals surface area contributed by atoms with Crippen LogP contribution in [0, 0.1) is 6.92 Å². The summed E-state index contributed by atoms with van der Waals surface area (Å²) < 4.78 is 35.6. The van der Waals surface area contributed by atoms with Crippen LogP contribution in [-0.2, 0) is 28.4 Å². The maximum atomic E-state index is 13.9. The lowest BCUT2D eigenvalue weighted by molar-refractivity contribution is 0.0600. The second-order valence-electron chi connectivity index (χ2n) is 7.76. The number of nitrogens with zero attached hydrogens (tertiary/aromatic N) is 3. The Bertz CT molecular complexity index is 1520. The van der Waals surface area contributed by atoms with E-state index in [2.05, 4.69) is 4.98 Å². The van der Waals surface area contributed by atoms with E-state index < -0.39 is 16.0 Å². The molecule has 0 aliphatic rings. The molecule has 0 spiro atoms. The minimum Gasteiger partial charge on any atom is -0.465 e. The second-order valence-corrected chi connectivity index (χ2v) is 10.4. The molecule has 0 saturated carbocycles.